The number of sulfone groups is 1. The number of aryl methyl sites for hydroxylation is 2. The number of pyridine rings is 2. The van der Waals surface area contributed by atoms with Crippen molar-refractivity contribution in [3.63, 3.8) is 0 Å². The highest BCUT2D eigenvalue weighted by Crippen LogP contribution is 2.39. The molecule has 1 aliphatic heterocycles. The summed E-state index contributed by atoms with van der Waals surface area (Å²) < 4.78 is 65.4. The van der Waals surface area contributed by atoms with Crippen LogP contribution < -0.4 is 15.0 Å². The van der Waals surface area contributed by atoms with Crippen molar-refractivity contribution in [2.24, 2.45) is 7.05 Å². The number of rotatable bonds is 2. The molecule has 0 atom stereocenters. The van der Waals surface area contributed by atoms with Crippen LogP contribution >= 0.6 is 0 Å². The molecular weight excluding hydrogens is 454 g/mol. The SMILES string of the molecule is Cn1cc2c(cc1=O)OCCCCc1cc(F)cc(F)c1Oc1ncc(CS(C)(=O)=O)cc1-2. The third kappa shape index (κ3) is 5.22. The third-order valence-corrected chi connectivity index (χ3v) is 6.06. The first-order chi connectivity index (χ1) is 15.6. The van der Waals surface area contributed by atoms with Crippen molar-refractivity contribution in [3.8, 4) is 28.5 Å². The Morgan fingerprint density at radius 1 is 1.12 bits per heavy atom. The highest BCUT2D eigenvalue weighted by Gasteiger charge is 2.22. The van der Waals surface area contributed by atoms with Crippen LogP contribution in [0.5, 0.6) is 17.4 Å². The van der Waals surface area contributed by atoms with Crippen LogP contribution in [0.2, 0.25) is 0 Å². The van der Waals surface area contributed by atoms with Gasteiger partial charge < -0.3 is 14.0 Å². The molecule has 1 aromatic carbocycles. The molecule has 0 saturated carbocycles. The lowest BCUT2D eigenvalue weighted by atomic mass is 10.0. The molecule has 0 fully saturated rings. The minimum absolute atomic E-state index is 0.0249. The Bertz CT molecular complexity index is 1390. The molecule has 0 saturated heterocycles. The second-order valence-corrected chi connectivity index (χ2v) is 10.2. The van der Waals surface area contributed by atoms with Gasteiger partial charge in [0.1, 0.15) is 11.6 Å². The van der Waals surface area contributed by atoms with Crippen LogP contribution in [0.1, 0.15) is 24.0 Å². The minimum atomic E-state index is -3.37. The van der Waals surface area contributed by atoms with Gasteiger partial charge in [-0.2, -0.15) is 0 Å². The number of hydrogen-bond acceptors (Lipinski definition) is 6. The summed E-state index contributed by atoms with van der Waals surface area (Å²) in [6, 6.07) is 4.85. The molecule has 0 bridgehead atoms. The standard InChI is InChI=1S/C23H22F2N2O5S/c1-27-12-18-17-7-14(13-33(2,29)30)11-26-23(17)32-22-15(8-16(24)9-19(22)25)5-3-4-6-31-20(18)10-21(27)28/h7-12H,3-6,13H2,1-2H3. The monoisotopic (exact) mass is 476 g/mol. The Labute approximate surface area is 189 Å². The summed E-state index contributed by atoms with van der Waals surface area (Å²) in [5.41, 5.74) is 1.18. The summed E-state index contributed by atoms with van der Waals surface area (Å²) in [5.74, 6) is -1.74. The molecule has 3 heterocycles. The second-order valence-electron chi connectivity index (χ2n) is 8.05. The zero-order valence-corrected chi connectivity index (χ0v) is 18.9. The fourth-order valence-corrected chi connectivity index (χ4v) is 4.46. The van der Waals surface area contributed by atoms with E-state index in [4.69, 9.17) is 9.47 Å². The van der Waals surface area contributed by atoms with Gasteiger partial charge in [-0.25, -0.2) is 22.2 Å². The maximum atomic E-state index is 14.7. The predicted molar refractivity (Wildman–Crippen MR) is 118 cm³/mol. The summed E-state index contributed by atoms with van der Waals surface area (Å²) in [4.78, 5) is 16.5. The lowest BCUT2D eigenvalue weighted by Crippen LogP contribution is -2.16. The molecule has 0 amide bonds. The summed E-state index contributed by atoms with van der Waals surface area (Å²) in [6.45, 7) is 0.278. The first kappa shape index (κ1) is 22.9. The van der Waals surface area contributed by atoms with Crippen LogP contribution in [0.15, 0.2) is 41.5 Å². The fraction of sp³-hybridized carbons (Fsp3) is 0.304. The number of hydrogen-bond donors (Lipinski definition) is 0. The van der Waals surface area contributed by atoms with Crippen molar-refractivity contribution in [1.82, 2.24) is 9.55 Å². The Morgan fingerprint density at radius 2 is 1.91 bits per heavy atom. The molecule has 10 heteroatoms. The van der Waals surface area contributed by atoms with Crippen LogP contribution in [-0.2, 0) is 29.1 Å². The molecule has 0 spiro atoms. The van der Waals surface area contributed by atoms with Gasteiger partial charge in [0.2, 0.25) is 5.88 Å². The van der Waals surface area contributed by atoms with Crippen LogP contribution in [0.25, 0.3) is 11.1 Å². The van der Waals surface area contributed by atoms with E-state index in [9.17, 15) is 22.0 Å². The molecular formula is C23H22F2N2O5S. The molecule has 1 aliphatic rings. The van der Waals surface area contributed by atoms with Gasteiger partial charge >= 0.3 is 0 Å². The normalized spacial score (nSPS) is 13.9. The van der Waals surface area contributed by atoms with Crippen molar-refractivity contribution in [2.75, 3.05) is 12.9 Å². The van der Waals surface area contributed by atoms with Gasteiger partial charge in [-0.05, 0) is 37.0 Å². The van der Waals surface area contributed by atoms with E-state index in [1.54, 1.807) is 13.1 Å². The number of fused-ring (bicyclic) bond motifs is 4. The summed E-state index contributed by atoms with van der Waals surface area (Å²) in [6.07, 6.45) is 5.45. The van der Waals surface area contributed by atoms with Crippen molar-refractivity contribution in [3.05, 3.63) is 69.8 Å². The maximum Gasteiger partial charge on any atom is 0.254 e. The average molecular weight is 477 g/mol. The Balaban J connectivity index is 1.96. The summed E-state index contributed by atoms with van der Waals surface area (Å²) >= 11 is 0. The molecule has 4 rings (SSSR count). The van der Waals surface area contributed by atoms with Crippen LogP contribution in [0.3, 0.4) is 0 Å². The van der Waals surface area contributed by atoms with Gasteiger partial charge in [0, 0.05) is 54.5 Å². The van der Waals surface area contributed by atoms with E-state index < -0.39 is 21.5 Å². The fourth-order valence-electron chi connectivity index (χ4n) is 3.70. The van der Waals surface area contributed by atoms with Crippen molar-refractivity contribution in [2.45, 2.75) is 25.0 Å². The summed E-state index contributed by atoms with van der Waals surface area (Å²) in [5, 5.41) is 0. The zero-order chi connectivity index (χ0) is 23.8. The highest BCUT2D eigenvalue weighted by molar-refractivity contribution is 7.89. The van der Waals surface area contributed by atoms with Gasteiger partial charge in [0.15, 0.2) is 21.4 Å². The molecule has 0 N–H and O–H groups in total. The lowest BCUT2D eigenvalue weighted by molar-refractivity contribution is 0.306. The summed E-state index contributed by atoms with van der Waals surface area (Å²) in [7, 11) is -1.80. The molecule has 0 unspecified atom stereocenters. The van der Waals surface area contributed by atoms with E-state index in [1.807, 2.05) is 0 Å². The largest absolute Gasteiger partial charge is 0.493 e. The van der Waals surface area contributed by atoms with Gasteiger partial charge in [-0.1, -0.05) is 0 Å². The van der Waals surface area contributed by atoms with Gasteiger partial charge in [-0.3, -0.25) is 4.79 Å². The molecule has 0 aliphatic carbocycles. The predicted octanol–water partition coefficient (Wildman–Crippen LogP) is 3.78. The Morgan fingerprint density at radius 3 is 2.67 bits per heavy atom. The molecule has 2 aromatic heterocycles. The second kappa shape index (κ2) is 8.93. The number of aromatic nitrogens is 2. The van der Waals surface area contributed by atoms with E-state index in [1.165, 1.54) is 29.1 Å². The quantitative estimate of drug-likeness (QED) is 0.560. The van der Waals surface area contributed by atoms with E-state index in [-0.39, 0.29) is 35.3 Å². The van der Waals surface area contributed by atoms with Crippen LogP contribution in [0.4, 0.5) is 8.78 Å². The van der Waals surface area contributed by atoms with E-state index >= 15 is 0 Å². The average Bonchev–Trinajstić information content (AvgIpc) is 2.71. The van der Waals surface area contributed by atoms with Crippen molar-refractivity contribution in [1.29, 1.82) is 0 Å². The molecule has 174 valence electrons. The van der Waals surface area contributed by atoms with E-state index in [0.29, 0.717) is 41.5 Å². The Kier molecular flexibility index (Phi) is 6.20. The highest BCUT2D eigenvalue weighted by atomic mass is 32.2. The van der Waals surface area contributed by atoms with Crippen LogP contribution in [-0.4, -0.2) is 30.8 Å². The lowest BCUT2D eigenvalue weighted by Gasteiger charge is -2.19. The smallest absolute Gasteiger partial charge is 0.254 e. The Hall–Kier alpha value is -3.27. The first-order valence-electron chi connectivity index (χ1n) is 10.3. The third-order valence-electron chi connectivity index (χ3n) is 5.20. The molecule has 0 radical (unpaired) electrons. The topological polar surface area (TPSA) is 87.5 Å². The minimum Gasteiger partial charge on any atom is -0.493 e. The molecule has 33 heavy (non-hydrogen) atoms. The number of benzene rings is 1. The van der Waals surface area contributed by atoms with E-state index in [0.717, 1.165) is 12.3 Å². The number of ether oxygens (including phenoxy) is 2. The number of nitrogens with zero attached hydrogens (tertiary/aromatic N) is 2. The van der Waals surface area contributed by atoms with Gasteiger partial charge in [0.25, 0.3) is 5.56 Å². The molecule has 7 nitrogen and oxygen atoms in total. The van der Waals surface area contributed by atoms with E-state index in [2.05, 4.69) is 4.98 Å². The zero-order valence-electron chi connectivity index (χ0n) is 18.1. The van der Waals surface area contributed by atoms with Crippen molar-refractivity contribution >= 4 is 9.84 Å². The molecule has 3 aromatic rings. The van der Waals surface area contributed by atoms with Gasteiger partial charge in [0.05, 0.1) is 12.4 Å². The van der Waals surface area contributed by atoms with Crippen LogP contribution in [0, 0.1) is 11.6 Å². The first-order valence-corrected chi connectivity index (χ1v) is 12.3. The van der Waals surface area contributed by atoms with Gasteiger partial charge in [-0.15, -0.1) is 0 Å². The maximum absolute atomic E-state index is 14.7. The van der Waals surface area contributed by atoms with Crippen molar-refractivity contribution < 1.29 is 26.7 Å². The number of halogens is 2.